The molecule has 0 aromatic rings. The molecule has 2 N–H and O–H groups in total. The van der Waals surface area contributed by atoms with Crippen molar-refractivity contribution < 1.29 is 9.53 Å². The normalized spacial score (nSPS) is 14.5. The van der Waals surface area contributed by atoms with Gasteiger partial charge in [0.25, 0.3) is 0 Å². The Morgan fingerprint density at radius 3 is 2.56 bits per heavy atom. The molecular formula is C12H26N2O2. The van der Waals surface area contributed by atoms with Gasteiger partial charge in [-0.2, -0.15) is 0 Å². The van der Waals surface area contributed by atoms with Crippen molar-refractivity contribution in [1.29, 1.82) is 0 Å². The Hall–Kier alpha value is -0.610. The highest BCUT2D eigenvalue weighted by atomic mass is 16.5. The predicted molar refractivity (Wildman–Crippen MR) is 66.4 cm³/mol. The second kappa shape index (κ2) is 9.60. The van der Waals surface area contributed by atoms with Crippen molar-refractivity contribution in [2.45, 2.75) is 39.7 Å². The van der Waals surface area contributed by atoms with Crippen molar-refractivity contribution in [2.24, 2.45) is 5.92 Å². The van der Waals surface area contributed by atoms with Crippen LogP contribution < -0.4 is 10.6 Å². The second-order valence-corrected chi connectivity index (χ2v) is 4.22. The fourth-order valence-corrected chi connectivity index (χ4v) is 1.35. The van der Waals surface area contributed by atoms with Gasteiger partial charge >= 0.3 is 0 Å². The average Bonchev–Trinajstić information content (AvgIpc) is 2.28. The summed E-state index contributed by atoms with van der Waals surface area (Å²) in [6.07, 6.45) is 1.69. The summed E-state index contributed by atoms with van der Waals surface area (Å²) in [7, 11) is 1.63. The topological polar surface area (TPSA) is 50.4 Å². The summed E-state index contributed by atoms with van der Waals surface area (Å²) in [5, 5.41) is 6.16. The van der Waals surface area contributed by atoms with Crippen molar-refractivity contribution in [3.8, 4) is 0 Å². The lowest BCUT2D eigenvalue weighted by Crippen LogP contribution is -2.36. The molecule has 0 fully saturated rings. The molecule has 16 heavy (non-hydrogen) atoms. The zero-order valence-corrected chi connectivity index (χ0v) is 11.0. The number of carbonyl (C=O) groups excluding carboxylic acids is 1. The molecule has 2 unspecified atom stereocenters. The molecule has 2 atom stereocenters. The number of carbonyl (C=O) groups is 1. The molecule has 0 saturated carbocycles. The lowest BCUT2D eigenvalue weighted by atomic mass is 10.0. The van der Waals surface area contributed by atoms with E-state index in [0.717, 1.165) is 13.0 Å². The molecule has 0 aromatic carbocycles. The Labute approximate surface area is 99.1 Å². The molecule has 0 bridgehead atoms. The minimum absolute atomic E-state index is 0.0842. The van der Waals surface area contributed by atoms with Crippen LogP contribution in [0.2, 0.25) is 0 Å². The number of rotatable bonds is 9. The van der Waals surface area contributed by atoms with Gasteiger partial charge in [-0.25, -0.2) is 0 Å². The number of ether oxygens (including phenoxy) is 1. The van der Waals surface area contributed by atoms with Crippen molar-refractivity contribution in [3.05, 3.63) is 0 Å². The van der Waals surface area contributed by atoms with E-state index in [2.05, 4.69) is 31.4 Å². The zero-order chi connectivity index (χ0) is 12.4. The smallest absolute Gasteiger partial charge is 0.221 e. The molecule has 0 heterocycles. The van der Waals surface area contributed by atoms with Crippen LogP contribution in [0.1, 0.15) is 33.6 Å². The van der Waals surface area contributed by atoms with E-state index in [1.807, 2.05) is 0 Å². The van der Waals surface area contributed by atoms with Gasteiger partial charge in [-0.15, -0.1) is 0 Å². The summed E-state index contributed by atoms with van der Waals surface area (Å²) in [6, 6.07) is 0.469. The quantitative estimate of drug-likeness (QED) is 0.584. The highest BCUT2D eigenvalue weighted by Crippen LogP contribution is 2.05. The largest absolute Gasteiger partial charge is 0.383 e. The predicted octanol–water partition coefficient (Wildman–Crippen LogP) is 1.16. The maximum Gasteiger partial charge on any atom is 0.221 e. The van der Waals surface area contributed by atoms with E-state index in [4.69, 9.17) is 4.74 Å². The van der Waals surface area contributed by atoms with Crippen LogP contribution >= 0.6 is 0 Å². The van der Waals surface area contributed by atoms with Gasteiger partial charge in [0.15, 0.2) is 0 Å². The lowest BCUT2D eigenvalue weighted by Gasteiger charge is -2.19. The maximum absolute atomic E-state index is 11.3. The van der Waals surface area contributed by atoms with Crippen molar-refractivity contribution in [1.82, 2.24) is 10.6 Å². The average molecular weight is 230 g/mol. The minimum atomic E-state index is 0.0842. The Morgan fingerprint density at radius 1 is 1.31 bits per heavy atom. The third-order valence-corrected chi connectivity index (χ3v) is 2.94. The fraction of sp³-hybridized carbons (Fsp3) is 0.917. The monoisotopic (exact) mass is 230 g/mol. The Bertz CT molecular complexity index is 186. The SMILES string of the molecule is CCC(C)C(C)NCCC(=O)NCCOC. The summed E-state index contributed by atoms with van der Waals surface area (Å²) in [5.41, 5.74) is 0. The first-order valence-corrected chi connectivity index (χ1v) is 6.10. The minimum Gasteiger partial charge on any atom is -0.383 e. The number of methoxy groups -OCH3 is 1. The van der Waals surface area contributed by atoms with Crippen molar-refractivity contribution in [2.75, 3.05) is 26.8 Å². The summed E-state index contributed by atoms with van der Waals surface area (Å²) < 4.78 is 4.85. The summed E-state index contributed by atoms with van der Waals surface area (Å²) >= 11 is 0. The van der Waals surface area contributed by atoms with E-state index in [1.54, 1.807) is 7.11 Å². The molecule has 4 nitrogen and oxygen atoms in total. The maximum atomic E-state index is 11.3. The first kappa shape index (κ1) is 15.4. The highest BCUT2D eigenvalue weighted by molar-refractivity contribution is 5.76. The molecule has 4 heteroatoms. The van der Waals surface area contributed by atoms with Gasteiger partial charge in [0.2, 0.25) is 5.91 Å². The third kappa shape index (κ3) is 7.65. The Morgan fingerprint density at radius 2 is 2.00 bits per heavy atom. The summed E-state index contributed by atoms with van der Waals surface area (Å²) in [5.74, 6) is 0.734. The third-order valence-electron chi connectivity index (χ3n) is 2.94. The molecular weight excluding hydrogens is 204 g/mol. The van der Waals surface area contributed by atoms with E-state index in [9.17, 15) is 4.79 Å². The Balaban J connectivity index is 3.46. The van der Waals surface area contributed by atoms with Gasteiger partial charge in [-0.1, -0.05) is 20.3 Å². The molecule has 0 aliphatic heterocycles. The summed E-state index contributed by atoms with van der Waals surface area (Å²) in [4.78, 5) is 11.3. The number of amides is 1. The first-order chi connectivity index (χ1) is 7.61. The standard InChI is InChI=1S/C12H26N2O2/c1-5-10(2)11(3)13-7-6-12(15)14-8-9-16-4/h10-11,13H,5-9H2,1-4H3,(H,14,15). The number of hydrogen-bond acceptors (Lipinski definition) is 3. The molecule has 0 spiro atoms. The van der Waals surface area contributed by atoms with E-state index >= 15 is 0 Å². The van der Waals surface area contributed by atoms with Gasteiger partial charge in [0.05, 0.1) is 6.61 Å². The zero-order valence-electron chi connectivity index (χ0n) is 11.0. The van der Waals surface area contributed by atoms with Crippen LogP contribution in [0.4, 0.5) is 0 Å². The molecule has 0 aromatic heterocycles. The Kier molecular flexibility index (Phi) is 9.24. The summed E-state index contributed by atoms with van der Waals surface area (Å²) in [6.45, 7) is 8.47. The van der Waals surface area contributed by atoms with Crippen molar-refractivity contribution in [3.63, 3.8) is 0 Å². The van der Waals surface area contributed by atoms with Gasteiger partial charge < -0.3 is 15.4 Å². The fourth-order valence-electron chi connectivity index (χ4n) is 1.35. The van der Waals surface area contributed by atoms with E-state index < -0.39 is 0 Å². The molecule has 0 radical (unpaired) electrons. The molecule has 0 rings (SSSR count). The number of nitrogens with one attached hydrogen (secondary N) is 2. The van der Waals surface area contributed by atoms with Crippen LogP contribution in [-0.4, -0.2) is 38.8 Å². The van der Waals surface area contributed by atoms with Crippen LogP contribution in [0, 0.1) is 5.92 Å². The van der Waals surface area contributed by atoms with Crippen LogP contribution in [0.5, 0.6) is 0 Å². The van der Waals surface area contributed by atoms with Gasteiger partial charge in [0.1, 0.15) is 0 Å². The van der Waals surface area contributed by atoms with E-state index in [-0.39, 0.29) is 5.91 Å². The molecule has 0 aliphatic rings. The van der Waals surface area contributed by atoms with Crippen LogP contribution in [0.15, 0.2) is 0 Å². The highest BCUT2D eigenvalue weighted by Gasteiger charge is 2.09. The van der Waals surface area contributed by atoms with Crippen LogP contribution in [0.3, 0.4) is 0 Å². The van der Waals surface area contributed by atoms with Gasteiger partial charge in [-0.3, -0.25) is 4.79 Å². The van der Waals surface area contributed by atoms with E-state index in [0.29, 0.717) is 31.5 Å². The molecule has 0 aliphatic carbocycles. The molecule has 0 saturated heterocycles. The first-order valence-electron chi connectivity index (χ1n) is 6.10. The van der Waals surface area contributed by atoms with Crippen LogP contribution in [-0.2, 0) is 9.53 Å². The molecule has 1 amide bonds. The lowest BCUT2D eigenvalue weighted by molar-refractivity contribution is -0.121. The van der Waals surface area contributed by atoms with E-state index in [1.165, 1.54) is 0 Å². The van der Waals surface area contributed by atoms with Crippen LogP contribution in [0.25, 0.3) is 0 Å². The number of hydrogen-bond donors (Lipinski definition) is 2. The van der Waals surface area contributed by atoms with Gasteiger partial charge in [0, 0.05) is 32.7 Å². The van der Waals surface area contributed by atoms with Gasteiger partial charge in [-0.05, 0) is 12.8 Å². The molecule has 96 valence electrons. The second-order valence-electron chi connectivity index (χ2n) is 4.22. The van der Waals surface area contributed by atoms with Crippen molar-refractivity contribution >= 4 is 5.91 Å².